The Bertz CT molecular complexity index is 756. The molecule has 1 amide bonds. The maximum absolute atomic E-state index is 12.3. The number of aryl methyl sites for hydroxylation is 2. The number of hydrogen-bond donors (Lipinski definition) is 2. The van der Waals surface area contributed by atoms with Gasteiger partial charge in [0.2, 0.25) is 0 Å². The normalized spacial score (nSPS) is 17.8. The number of carbonyl (C=O) groups is 2. The minimum atomic E-state index is -0.993. The van der Waals surface area contributed by atoms with E-state index in [2.05, 4.69) is 21.8 Å². The molecule has 2 N–H and O–H groups in total. The van der Waals surface area contributed by atoms with Crippen LogP contribution >= 0.6 is 11.5 Å². The van der Waals surface area contributed by atoms with E-state index in [1.54, 1.807) is 12.3 Å². The summed E-state index contributed by atoms with van der Waals surface area (Å²) in [6.45, 7) is 1.75. The molecule has 0 saturated heterocycles. The number of carboxylic acids is 1. The minimum absolute atomic E-state index is 0.165. The highest BCUT2D eigenvalue weighted by molar-refractivity contribution is 7.03. The Balaban J connectivity index is 1.75. The lowest BCUT2D eigenvalue weighted by atomic mass is 9.79. The van der Waals surface area contributed by atoms with Crippen LogP contribution in [0.3, 0.4) is 0 Å². The molecular formula is C18H20N2O3S. The zero-order chi connectivity index (χ0) is 17.1. The number of fused-ring (bicyclic) bond motifs is 1. The number of amides is 1. The fourth-order valence-corrected chi connectivity index (χ4v) is 4.04. The minimum Gasteiger partial charge on any atom is -0.480 e. The highest BCUT2D eigenvalue weighted by atomic mass is 32.1. The maximum Gasteiger partial charge on any atom is 0.326 e. The fourth-order valence-electron chi connectivity index (χ4n) is 3.35. The molecule has 0 bridgehead atoms. The Morgan fingerprint density at radius 3 is 2.92 bits per heavy atom. The van der Waals surface area contributed by atoms with Crippen molar-refractivity contribution in [1.82, 2.24) is 9.69 Å². The maximum atomic E-state index is 12.3. The molecule has 126 valence electrons. The van der Waals surface area contributed by atoms with Gasteiger partial charge >= 0.3 is 5.97 Å². The zero-order valence-electron chi connectivity index (χ0n) is 13.5. The first-order valence-electron chi connectivity index (χ1n) is 8.08. The van der Waals surface area contributed by atoms with Crippen molar-refractivity contribution < 1.29 is 14.7 Å². The van der Waals surface area contributed by atoms with E-state index in [1.165, 1.54) is 22.7 Å². The summed E-state index contributed by atoms with van der Waals surface area (Å²) in [7, 11) is 0. The molecule has 1 aromatic heterocycles. The van der Waals surface area contributed by atoms with E-state index < -0.39 is 12.0 Å². The first-order chi connectivity index (χ1) is 11.6. The van der Waals surface area contributed by atoms with Gasteiger partial charge in [-0.2, -0.15) is 4.37 Å². The van der Waals surface area contributed by atoms with E-state index in [0.717, 1.165) is 19.3 Å². The van der Waals surface area contributed by atoms with Crippen molar-refractivity contribution in [2.75, 3.05) is 0 Å². The van der Waals surface area contributed by atoms with E-state index in [1.807, 2.05) is 12.1 Å². The summed E-state index contributed by atoms with van der Waals surface area (Å²) in [5.74, 6) is -1.19. The molecule has 0 fully saturated rings. The predicted molar refractivity (Wildman–Crippen MR) is 92.5 cm³/mol. The van der Waals surface area contributed by atoms with Gasteiger partial charge in [-0.05, 0) is 61.2 Å². The Kier molecular flexibility index (Phi) is 4.94. The summed E-state index contributed by atoms with van der Waals surface area (Å²) in [6, 6.07) is 7.30. The number of aromatic nitrogens is 1. The third-order valence-corrected chi connectivity index (χ3v) is 5.33. The smallest absolute Gasteiger partial charge is 0.326 e. The van der Waals surface area contributed by atoms with Crippen molar-refractivity contribution in [2.45, 2.75) is 44.6 Å². The molecule has 0 saturated carbocycles. The van der Waals surface area contributed by atoms with Gasteiger partial charge in [0.15, 0.2) is 0 Å². The molecule has 1 aliphatic rings. The molecule has 3 rings (SSSR count). The summed E-state index contributed by atoms with van der Waals surface area (Å²) in [5.41, 5.74) is 3.60. The lowest BCUT2D eigenvalue weighted by Crippen LogP contribution is -2.42. The number of rotatable bonds is 5. The first kappa shape index (κ1) is 16.6. The van der Waals surface area contributed by atoms with Crippen LogP contribution in [0.2, 0.25) is 0 Å². The third kappa shape index (κ3) is 3.48. The molecule has 24 heavy (non-hydrogen) atoms. The highest BCUT2D eigenvalue weighted by Crippen LogP contribution is 2.34. The largest absolute Gasteiger partial charge is 0.480 e. The van der Waals surface area contributed by atoms with Crippen LogP contribution in [-0.4, -0.2) is 27.4 Å². The van der Waals surface area contributed by atoms with Gasteiger partial charge in [0.1, 0.15) is 6.04 Å². The molecule has 0 radical (unpaired) electrons. The standard InChI is InChI=1S/C18H20N2O3S/c1-11-15(10-24-20-11)17(21)19-16(18(22)23)9-13-7-4-6-12-5-2-3-8-14(12)13/h2-3,5,8,10,13,16H,4,6-7,9H2,1H3,(H,19,21)(H,22,23). The number of benzene rings is 1. The molecule has 0 aliphatic heterocycles. The Hall–Kier alpha value is -2.21. The molecule has 1 aromatic carbocycles. The van der Waals surface area contributed by atoms with E-state index >= 15 is 0 Å². The Labute approximate surface area is 144 Å². The van der Waals surface area contributed by atoms with E-state index in [9.17, 15) is 14.7 Å². The lowest BCUT2D eigenvalue weighted by molar-refractivity contribution is -0.139. The molecule has 1 heterocycles. The molecule has 2 aromatic rings. The SMILES string of the molecule is Cc1nscc1C(=O)NC(CC1CCCc2ccccc21)C(=O)O. The monoisotopic (exact) mass is 344 g/mol. The van der Waals surface area contributed by atoms with Crippen LogP contribution in [0, 0.1) is 6.92 Å². The second-order valence-electron chi connectivity index (χ2n) is 6.20. The van der Waals surface area contributed by atoms with Gasteiger partial charge in [-0.3, -0.25) is 4.79 Å². The predicted octanol–water partition coefficient (Wildman–Crippen LogP) is 3.14. The van der Waals surface area contributed by atoms with Gasteiger partial charge in [0.05, 0.1) is 11.3 Å². The average Bonchev–Trinajstić information content (AvgIpc) is 3.00. The first-order valence-corrected chi connectivity index (χ1v) is 8.92. The number of nitrogens with zero attached hydrogens (tertiary/aromatic N) is 1. The van der Waals surface area contributed by atoms with E-state index in [0.29, 0.717) is 17.7 Å². The summed E-state index contributed by atoms with van der Waals surface area (Å²) < 4.78 is 4.07. The van der Waals surface area contributed by atoms with Crippen LogP contribution in [0.15, 0.2) is 29.6 Å². The summed E-state index contributed by atoms with van der Waals surface area (Å²) in [4.78, 5) is 24.0. The highest BCUT2D eigenvalue weighted by Gasteiger charge is 2.28. The summed E-state index contributed by atoms with van der Waals surface area (Å²) >= 11 is 1.20. The van der Waals surface area contributed by atoms with Crippen LogP contribution in [0.25, 0.3) is 0 Å². The van der Waals surface area contributed by atoms with Gasteiger partial charge in [-0.15, -0.1) is 0 Å². The van der Waals surface area contributed by atoms with Gasteiger partial charge in [0.25, 0.3) is 5.91 Å². The van der Waals surface area contributed by atoms with Crippen LogP contribution in [0.1, 0.15) is 52.4 Å². The number of carboxylic acid groups (broad SMARTS) is 1. The van der Waals surface area contributed by atoms with Crippen LogP contribution < -0.4 is 5.32 Å². The quantitative estimate of drug-likeness (QED) is 0.873. The molecule has 5 nitrogen and oxygen atoms in total. The third-order valence-electron chi connectivity index (χ3n) is 4.61. The Morgan fingerprint density at radius 1 is 1.42 bits per heavy atom. The van der Waals surface area contributed by atoms with Crippen molar-refractivity contribution in [3.05, 3.63) is 52.0 Å². The van der Waals surface area contributed by atoms with Crippen LogP contribution in [0.5, 0.6) is 0 Å². The number of nitrogens with one attached hydrogen (secondary N) is 1. The number of aliphatic carboxylic acids is 1. The molecular weight excluding hydrogens is 324 g/mol. The zero-order valence-corrected chi connectivity index (χ0v) is 14.3. The second-order valence-corrected chi connectivity index (χ2v) is 6.83. The van der Waals surface area contributed by atoms with Crippen molar-refractivity contribution >= 4 is 23.4 Å². The molecule has 6 heteroatoms. The number of hydrogen-bond acceptors (Lipinski definition) is 4. The van der Waals surface area contributed by atoms with Gasteiger partial charge < -0.3 is 10.4 Å². The van der Waals surface area contributed by atoms with Gasteiger partial charge in [-0.25, -0.2) is 4.79 Å². The summed E-state index contributed by atoms with van der Waals surface area (Å²) in [5, 5.41) is 13.9. The van der Waals surface area contributed by atoms with Gasteiger partial charge in [0, 0.05) is 5.38 Å². The lowest BCUT2D eigenvalue weighted by Gasteiger charge is -2.28. The van der Waals surface area contributed by atoms with Crippen molar-refractivity contribution in [3.63, 3.8) is 0 Å². The van der Waals surface area contributed by atoms with E-state index in [-0.39, 0.29) is 11.8 Å². The topological polar surface area (TPSA) is 79.3 Å². The molecule has 2 atom stereocenters. The summed E-state index contributed by atoms with van der Waals surface area (Å²) in [6.07, 6.45) is 3.45. The second kappa shape index (κ2) is 7.13. The Morgan fingerprint density at radius 2 is 2.21 bits per heavy atom. The number of carbonyl (C=O) groups excluding carboxylic acids is 1. The van der Waals surface area contributed by atoms with Crippen LogP contribution in [0.4, 0.5) is 0 Å². The fraction of sp³-hybridized carbons (Fsp3) is 0.389. The van der Waals surface area contributed by atoms with Gasteiger partial charge in [-0.1, -0.05) is 24.3 Å². The van der Waals surface area contributed by atoms with Crippen molar-refractivity contribution in [3.8, 4) is 0 Å². The van der Waals surface area contributed by atoms with Crippen LogP contribution in [-0.2, 0) is 11.2 Å². The van der Waals surface area contributed by atoms with Crippen molar-refractivity contribution in [1.29, 1.82) is 0 Å². The van der Waals surface area contributed by atoms with Crippen molar-refractivity contribution in [2.24, 2.45) is 0 Å². The molecule has 1 aliphatic carbocycles. The van der Waals surface area contributed by atoms with E-state index in [4.69, 9.17) is 0 Å². The molecule has 2 unspecified atom stereocenters. The molecule has 0 spiro atoms. The average molecular weight is 344 g/mol.